The van der Waals surface area contributed by atoms with Crippen LogP contribution in [0, 0.1) is 18.8 Å². The topological polar surface area (TPSA) is 100 Å². The van der Waals surface area contributed by atoms with Gasteiger partial charge in [-0.25, -0.2) is 9.50 Å². The summed E-state index contributed by atoms with van der Waals surface area (Å²) in [6.07, 6.45) is 5.26. The van der Waals surface area contributed by atoms with E-state index in [9.17, 15) is 14.4 Å². The molecular weight excluding hydrogens is 410 g/mol. The van der Waals surface area contributed by atoms with E-state index in [0.29, 0.717) is 37.5 Å². The zero-order chi connectivity index (χ0) is 22.2. The Labute approximate surface area is 185 Å². The minimum Gasteiger partial charge on any atom is -0.360 e. The highest BCUT2D eigenvalue weighted by molar-refractivity contribution is 5.93. The third-order valence-corrected chi connectivity index (χ3v) is 7.69. The molecule has 2 amide bonds. The van der Waals surface area contributed by atoms with Gasteiger partial charge < -0.3 is 14.5 Å². The van der Waals surface area contributed by atoms with Crippen molar-refractivity contribution in [2.45, 2.75) is 44.3 Å². The van der Waals surface area contributed by atoms with Gasteiger partial charge in [0.1, 0.15) is 5.60 Å². The molecule has 6 rings (SSSR count). The maximum absolute atomic E-state index is 13.5. The number of piperidine rings is 1. The van der Waals surface area contributed by atoms with Crippen molar-refractivity contribution in [3.8, 4) is 0 Å². The number of fused-ring (bicyclic) bond motifs is 2. The van der Waals surface area contributed by atoms with E-state index in [4.69, 9.17) is 4.74 Å². The van der Waals surface area contributed by atoms with Crippen LogP contribution in [0.1, 0.15) is 37.1 Å². The van der Waals surface area contributed by atoms with Crippen LogP contribution in [0.3, 0.4) is 0 Å². The van der Waals surface area contributed by atoms with Crippen molar-refractivity contribution in [2.75, 3.05) is 26.2 Å². The first-order valence-electron chi connectivity index (χ1n) is 11.4. The molecular formula is C23H27N5O4. The van der Waals surface area contributed by atoms with Gasteiger partial charge in [-0.1, -0.05) is 12.2 Å². The lowest BCUT2D eigenvalue weighted by molar-refractivity contribution is -0.144. The van der Waals surface area contributed by atoms with E-state index in [0.717, 1.165) is 18.5 Å². The summed E-state index contributed by atoms with van der Waals surface area (Å²) in [4.78, 5) is 46.8. The fraction of sp³-hybridized carbons (Fsp3) is 0.565. The van der Waals surface area contributed by atoms with Gasteiger partial charge in [0.25, 0.3) is 5.56 Å². The number of likely N-dealkylation sites (tertiary alicyclic amines) is 2. The summed E-state index contributed by atoms with van der Waals surface area (Å²) in [6, 6.07) is 3.45. The van der Waals surface area contributed by atoms with E-state index in [1.165, 1.54) is 10.6 Å². The summed E-state index contributed by atoms with van der Waals surface area (Å²) in [6.45, 7) is 6.19. The van der Waals surface area contributed by atoms with E-state index < -0.39 is 17.4 Å². The Bertz CT molecular complexity index is 1210. The number of nitrogens with zero attached hydrogens (tertiary/aromatic N) is 4. The monoisotopic (exact) mass is 437 g/mol. The van der Waals surface area contributed by atoms with E-state index in [1.54, 1.807) is 4.90 Å². The lowest BCUT2D eigenvalue weighted by Crippen LogP contribution is -2.48. The van der Waals surface area contributed by atoms with Crippen molar-refractivity contribution in [2.24, 2.45) is 11.8 Å². The quantitative estimate of drug-likeness (QED) is 0.718. The Hall–Kier alpha value is -2.94. The van der Waals surface area contributed by atoms with Crippen molar-refractivity contribution in [1.82, 2.24) is 24.4 Å². The first kappa shape index (κ1) is 19.7. The minimum absolute atomic E-state index is 0.0288. The average Bonchev–Trinajstić information content (AvgIpc) is 3.52. The molecule has 0 aliphatic carbocycles. The van der Waals surface area contributed by atoms with Crippen LogP contribution in [0.25, 0.3) is 5.65 Å². The zero-order valence-corrected chi connectivity index (χ0v) is 18.3. The fourth-order valence-corrected chi connectivity index (χ4v) is 6.09. The number of likely N-dealkylation sites (N-methyl/N-ethyl adjacent to an activating group) is 1. The Morgan fingerprint density at radius 3 is 2.81 bits per heavy atom. The second-order valence-corrected chi connectivity index (χ2v) is 9.49. The Morgan fingerprint density at radius 1 is 1.28 bits per heavy atom. The minimum atomic E-state index is -0.626. The van der Waals surface area contributed by atoms with Crippen molar-refractivity contribution in [3.05, 3.63) is 46.0 Å². The predicted octanol–water partition coefficient (Wildman–Crippen LogP) is 0.839. The van der Waals surface area contributed by atoms with Gasteiger partial charge in [0.15, 0.2) is 5.65 Å². The molecule has 9 nitrogen and oxygen atoms in total. The predicted molar refractivity (Wildman–Crippen MR) is 115 cm³/mol. The molecule has 168 valence electrons. The molecule has 3 fully saturated rings. The van der Waals surface area contributed by atoms with Gasteiger partial charge in [0.2, 0.25) is 11.8 Å². The highest BCUT2D eigenvalue weighted by Gasteiger charge is 2.67. The van der Waals surface area contributed by atoms with E-state index in [-0.39, 0.29) is 29.4 Å². The van der Waals surface area contributed by atoms with E-state index >= 15 is 0 Å². The molecule has 6 heterocycles. The second-order valence-electron chi connectivity index (χ2n) is 9.49. The Kier molecular flexibility index (Phi) is 4.18. The Balaban J connectivity index is 1.18. The van der Waals surface area contributed by atoms with Gasteiger partial charge in [0.05, 0.1) is 24.5 Å². The van der Waals surface area contributed by atoms with Crippen molar-refractivity contribution in [1.29, 1.82) is 0 Å². The standard InChI is InChI=1S/C23H27N5O4/c1-3-26-12-23-7-4-16(32-23)19(20(23)22(26)31)21(30)27-8-5-14(6-9-27)15-11-17-24-13(2)10-18(29)28(17)25-15/h4,7,10-11,14,16,19-20,25H,3,5-6,8-9,12H2,1-2H3. The molecule has 3 saturated heterocycles. The average molecular weight is 438 g/mol. The molecule has 9 heteroatoms. The van der Waals surface area contributed by atoms with Gasteiger partial charge in [-0.3, -0.25) is 19.5 Å². The Morgan fingerprint density at radius 2 is 2.06 bits per heavy atom. The van der Waals surface area contributed by atoms with Crippen LogP contribution >= 0.6 is 0 Å². The summed E-state index contributed by atoms with van der Waals surface area (Å²) in [5.74, 6) is -0.538. The molecule has 0 aromatic carbocycles. The first-order valence-corrected chi connectivity index (χ1v) is 11.4. The van der Waals surface area contributed by atoms with Crippen LogP contribution < -0.4 is 5.56 Å². The van der Waals surface area contributed by atoms with Gasteiger partial charge in [-0.15, -0.1) is 0 Å². The number of rotatable bonds is 3. The van der Waals surface area contributed by atoms with Crippen LogP contribution in [-0.2, 0) is 14.3 Å². The second kappa shape index (κ2) is 6.78. The van der Waals surface area contributed by atoms with Crippen molar-refractivity contribution >= 4 is 17.5 Å². The number of nitrogens with one attached hydrogen (secondary N) is 1. The number of hydrogen-bond acceptors (Lipinski definition) is 5. The molecule has 1 spiro atoms. The number of aryl methyl sites for hydroxylation is 1. The summed E-state index contributed by atoms with van der Waals surface area (Å²) in [7, 11) is 0. The molecule has 0 saturated carbocycles. The van der Waals surface area contributed by atoms with Gasteiger partial charge in [-0.2, -0.15) is 0 Å². The lowest BCUT2D eigenvalue weighted by Gasteiger charge is -2.35. The van der Waals surface area contributed by atoms with Crippen LogP contribution in [-0.4, -0.2) is 74.1 Å². The van der Waals surface area contributed by atoms with Crippen LogP contribution in [0.15, 0.2) is 29.1 Å². The summed E-state index contributed by atoms with van der Waals surface area (Å²) in [5, 5.41) is 3.19. The first-order chi connectivity index (χ1) is 15.4. The number of amides is 2. The normalized spacial score (nSPS) is 31.8. The van der Waals surface area contributed by atoms with Crippen LogP contribution in [0.5, 0.6) is 0 Å². The van der Waals surface area contributed by atoms with E-state index in [1.807, 2.05) is 37.0 Å². The van der Waals surface area contributed by atoms with Crippen LogP contribution in [0.2, 0.25) is 0 Å². The molecule has 4 aliphatic rings. The number of carbonyl (C=O) groups excluding carboxylic acids is 2. The SMILES string of the molecule is CCN1CC23C=CC(O2)C(C(=O)N2CCC(c4cc5nc(C)cc(=O)n5[nH]4)CC2)C3C1=O. The number of hydrogen-bond donors (Lipinski definition) is 1. The van der Waals surface area contributed by atoms with Crippen molar-refractivity contribution < 1.29 is 14.3 Å². The molecule has 2 bridgehead atoms. The molecule has 4 unspecified atom stereocenters. The molecule has 32 heavy (non-hydrogen) atoms. The number of aromatic nitrogens is 3. The summed E-state index contributed by atoms with van der Waals surface area (Å²) >= 11 is 0. The number of aromatic amines is 1. The zero-order valence-electron chi connectivity index (χ0n) is 18.3. The summed E-state index contributed by atoms with van der Waals surface area (Å²) < 4.78 is 7.67. The highest BCUT2D eigenvalue weighted by Crippen LogP contribution is 2.52. The van der Waals surface area contributed by atoms with E-state index in [2.05, 4.69) is 10.1 Å². The maximum Gasteiger partial charge on any atom is 0.272 e. The van der Waals surface area contributed by atoms with Gasteiger partial charge in [0, 0.05) is 49.1 Å². The fourth-order valence-electron chi connectivity index (χ4n) is 6.09. The number of ether oxygens (including phenoxy) is 1. The molecule has 4 atom stereocenters. The summed E-state index contributed by atoms with van der Waals surface area (Å²) in [5.41, 5.74) is 1.55. The molecule has 1 N–H and O–H groups in total. The van der Waals surface area contributed by atoms with Gasteiger partial charge in [-0.05, 0) is 26.7 Å². The third kappa shape index (κ3) is 2.66. The molecule has 0 radical (unpaired) electrons. The lowest BCUT2D eigenvalue weighted by atomic mass is 9.76. The molecule has 4 aliphatic heterocycles. The van der Waals surface area contributed by atoms with Crippen molar-refractivity contribution in [3.63, 3.8) is 0 Å². The number of carbonyl (C=O) groups is 2. The largest absolute Gasteiger partial charge is 0.360 e. The smallest absolute Gasteiger partial charge is 0.272 e. The number of H-pyrrole nitrogens is 1. The molecule has 2 aromatic heterocycles. The maximum atomic E-state index is 13.5. The van der Waals surface area contributed by atoms with Crippen LogP contribution in [0.4, 0.5) is 0 Å². The third-order valence-electron chi connectivity index (χ3n) is 7.69. The molecule has 2 aromatic rings. The van der Waals surface area contributed by atoms with Gasteiger partial charge >= 0.3 is 0 Å². The highest BCUT2D eigenvalue weighted by atomic mass is 16.5.